The SMILES string of the molecule is CON(C)C(=O)c1ccc(COc2ccc(C)cc2C)o1. The smallest absolute Gasteiger partial charge is 0.312 e. The molecular weight excluding hydrogens is 270 g/mol. The third-order valence-electron chi connectivity index (χ3n) is 3.13. The summed E-state index contributed by atoms with van der Waals surface area (Å²) in [5.74, 6) is 1.27. The third kappa shape index (κ3) is 3.64. The van der Waals surface area contributed by atoms with Gasteiger partial charge >= 0.3 is 5.91 Å². The number of nitrogens with zero attached hydrogens (tertiary/aromatic N) is 1. The van der Waals surface area contributed by atoms with E-state index in [9.17, 15) is 4.79 Å². The molecule has 1 heterocycles. The molecule has 0 aliphatic rings. The lowest BCUT2D eigenvalue weighted by atomic mass is 10.1. The number of benzene rings is 1. The fourth-order valence-electron chi connectivity index (χ4n) is 1.92. The van der Waals surface area contributed by atoms with Gasteiger partial charge in [-0.2, -0.15) is 0 Å². The highest BCUT2D eigenvalue weighted by atomic mass is 16.7. The lowest BCUT2D eigenvalue weighted by Crippen LogP contribution is -2.24. The number of ether oxygens (including phenoxy) is 1. The van der Waals surface area contributed by atoms with Crippen LogP contribution >= 0.6 is 0 Å². The molecule has 5 nitrogen and oxygen atoms in total. The molecule has 0 aliphatic carbocycles. The molecule has 0 saturated carbocycles. The number of hydroxylamine groups is 2. The number of aryl methyl sites for hydroxylation is 2. The predicted molar refractivity (Wildman–Crippen MR) is 78.1 cm³/mol. The Morgan fingerprint density at radius 1 is 1.24 bits per heavy atom. The van der Waals surface area contributed by atoms with Gasteiger partial charge in [0.2, 0.25) is 0 Å². The van der Waals surface area contributed by atoms with E-state index in [2.05, 4.69) is 6.07 Å². The van der Waals surface area contributed by atoms with Crippen molar-refractivity contribution in [3.8, 4) is 5.75 Å². The summed E-state index contributed by atoms with van der Waals surface area (Å²) < 4.78 is 11.2. The Labute approximate surface area is 124 Å². The van der Waals surface area contributed by atoms with Crippen LogP contribution < -0.4 is 4.74 Å². The molecule has 2 aromatic rings. The summed E-state index contributed by atoms with van der Waals surface area (Å²) in [6.07, 6.45) is 0. The Kier molecular flexibility index (Phi) is 4.65. The predicted octanol–water partition coefficient (Wildman–Crippen LogP) is 3.11. The van der Waals surface area contributed by atoms with Crippen molar-refractivity contribution >= 4 is 5.91 Å². The van der Waals surface area contributed by atoms with Gasteiger partial charge in [-0.1, -0.05) is 17.7 Å². The molecule has 0 unspecified atom stereocenters. The van der Waals surface area contributed by atoms with Crippen molar-refractivity contribution in [1.29, 1.82) is 0 Å². The second-order valence-corrected chi connectivity index (χ2v) is 4.81. The van der Waals surface area contributed by atoms with Gasteiger partial charge in [0.25, 0.3) is 0 Å². The van der Waals surface area contributed by atoms with Crippen molar-refractivity contribution in [1.82, 2.24) is 5.06 Å². The summed E-state index contributed by atoms with van der Waals surface area (Å²) in [7, 11) is 2.95. The molecule has 21 heavy (non-hydrogen) atoms. The van der Waals surface area contributed by atoms with Crippen LogP contribution in [-0.4, -0.2) is 25.1 Å². The van der Waals surface area contributed by atoms with Crippen molar-refractivity contribution in [3.63, 3.8) is 0 Å². The first-order valence-electron chi connectivity index (χ1n) is 6.62. The molecule has 0 N–H and O–H groups in total. The van der Waals surface area contributed by atoms with Crippen LogP contribution in [0, 0.1) is 13.8 Å². The average molecular weight is 289 g/mol. The van der Waals surface area contributed by atoms with E-state index in [1.54, 1.807) is 12.1 Å². The van der Waals surface area contributed by atoms with Crippen molar-refractivity contribution in [2.75, 3.05) is 14.2 Å². The van der Waals surface area contributed by atoms with E-state index >= 15 is 0 Å². The maximum atomic E-state index is 11.8. The Bertz CT molecular complexity index is 633. The van der Waals surface area contributed by atoms with Crippen LogP contribution in [0.1, 0.15) is 27.4 Å². The van der Waals surface area contributed by atoms with Gasteiger partial charge in [0.05, 0.1) is 7.11 Å². The summed E-state index contributed by atoms with van der Waals surface area (Å²) in [6.45, 7) is 4.30. The van der Waals surface area contributed by atoms with Crippen LogP contribution in [0.15, 0.2) is 34.7 Å². The van der Waals surface area contributed by atoms with E-state index in [0.717, 1.165) is 16.4 Å². The van der Waals surface area contributed by atoms with E-state index in [-0.39, 0.29) is 18.3 Å². The van der Waals surface area contributed by atoms with Crippen molar-refractivity contribution in [2.45, 2.75) is 20.5 Å². The summed E-state index contributed by atoms with van der Waals surface area (Å²) in [5, 5.41) is 1.10. The largest absolute Gasteiger partial charge is 0.485 e. The van der Waals surface area contributed by atoms with E-state index in [4.69, 9.17) is 14.0 Å². The van der Waals surface area contributed by atoms with Gasteiger partial charge in [0.15, 0.2) is 5.76 Å². The molecule has 0 spiro atoms. The zero-order valence-corrected chi connectivity index (χ0v) is 12.7. The summed E-state index contributed by atoms with van der Waals surface area (Å²) in [5.41, 5.74) is 2.25. The molecule has 0 saturated heterocycles. The van der Waals surface area contributed by atoms with Gasteiger partial charge < -0.3 is 9.15 Å². The van der Waals surface area contributed by atoms with Gasteiger partial charge in [-0.15, -0.1) is 0 Å². The summed E-state index contributed by atoms with van der Waals surface area (Å²) in [4.78, 5) is 16.6. The number of furan rings is 1. The monoisotopic (exact) mass is 289 g/mol. The second-order valence-electron chi connectivity index (χ2n) is 4.81. The second kappa shape index (κ2) is 6.45. The van der Waals surface area contributed by atoms with Crippen molar-refractivity contribution in [2.24, 2.45) is 0 Å². The van der Waals surface area contributed by atoms with E-state index in [1.165, 1.54) is 19.7 Å². The third-order valence-corrected chi connectivity index (χ3v) is 3.13. The van der Waals surface area contributed by atoms with E-state index in [1.807, 2.05) is 26.0 Å². The molecule has 5 heteroatoms. The van der Waals surface area contributed by atoms with Crippen LogP contribution in [0.2, 0.25) is 0 Å². The van der Waals surface area contributed by atoms with Crippen LogP contribution in [0.25, 0.3) is 0 Å². The molecule has 2 rings (SSSR count). The van der Waals surface area contributed by atoms with Gasteiger partial charge in [-0.05, 0) is 37.6 Å². The molecular formula is C16H19NO4. The Morgan fingerprint density at radius 3 is 2.67 bits per heavy atom. The maximum Gasteiger partial charge on any atom is 0.312 e. The molecule has 0 radical (unpaired) electrons. The minimum atomic E-state index is -0.338. The minimum Gasteiger partial charge on any atom is -0.485 e. The molecule has 1 aromatic carbocycles. The zero-order chi connectivity index (χ0) is 15.4. The first kappa shape index (κ1) is 15.1. The molecule has 0 aliphatic heterocycles. The quantitative estimate of drug-likeness (QED) is 0.794. The number of carbonyl (C=O) groups excluding carboxylic acids is 1. The van der Waals surface area contributed by atoms with Crippen LogP contribution in [0.3, 0.4) is 0 Å². The standard InChI is InChI=1S/C16H19NO4/c1-11-5-7-14(12(2)9-11)20-10-13-6-8-15(21-13)16(18)17(3)19-4/h5-9H,10H2,1-4H3. The lowest BCUT2D eigenvalue weighted by molar-refractivity contribution is -0.0774. The highest BCUT2D eigenvalue weighted by Crippen LogP contribution is 2.20. The maximum absolute atomic E-state index is 11.8. The van der Waals surface area contributed by atoms with E-state index in [0.29, 0.717) is 5.76 Å². The van der Waals surface area contributed by atoms with Gasteiger partial charge in [0.1, 0.15) is 18.1 Å². The Balaban J connectivity index is 2.01. The molecule has 112 valence electrons. The topological polar surface area (TPSA) is 51.9 Å². The number of rotatable bonds is 5. The van der Waals surface area contributed by atoms with Crippen molar-refractivity contribution < 1.29 is 18.8 Å². The number of amides is 1. The zero-order valence-electron chi connectivity index (χ0n) is 12.7. The fraction of sp³-hybridized carbons (Fsp3) is 0.312. The lowest BCUT2D eigenvalue weighted by Gasteiger charge is -2.11. The number of carbonyl (C=O) groups is 1. The fourth-order valence-corrected chi connectivity index (χ4v) is 1.92. The highest BCUT2D eigenvalue weighted by Gasteiger charge is 2.16. The highest BCUT2D eigenvalue weighted by molar-refractivity contribution is 5.90. The van der Waals surface area contributed by atoms with Crippen LogP contribution in [0.5, 0.6) is 5.75 Å². The molecule has 1 aromatic heterocycles. The summed E-state index contributed by atoms with van der Waals surface area (Å²) >= 11 is 0. The van der Waals surface area contributed by atoms with Gasteiger partial charge in [-0.3, -0.25) is 9.63 Å². The molecule has 1 amide bonds. The van der Waals surface area contributed by atoms with Crippen LogP contribution in [0.4, 0.5) is 0 Å². The van der Waals surface area contributed by atoms with E-state index < -0.39 is 0 Å². The van der Waals surface area contributed by atoms with Gasteiger partial charge in [0, 0.05) is 7.05 Å². The molecule has 0 bridgehead atoms. The first-order chi connectivity index (χ1) is 10.0. The van der Waals surface area contributed by atoms with Crippen molar-refractivity contribution in [3.05, 3.63) is 53.0 Å². The minimum absolute atomic E-state index is 0.221. The molecule has 0 atom stereocenters. The normalized spacial score (nSPS) is 10.5. The first-order valence-corrected chi connectivity index (χ1v) is 6.62. The van der Waals surface area contributed by atoms with Gasteiger partial charge in [-0.25, -0.2) is 5.06 Å². The Hall–Kier alpha value is -2.27. The summed E-state index contributed by atoms with van der Waals surface area (Å²) in [6, 6.07) is 9.31. The van der Waals surface area contributed by atoms with Crippen LogP contribution in [-0.2, 0) is 11.4 Å². The molecule has 0 fully saturated rings. The average Bonchev–Trinajstić information content (AvgIpc) is 2.93. The number of hydrogen-bond donors (Lipinski definition) is 0. The Morgan fingerprint density at radius 2 is 2.00 bits per heavy atom. The number of hydrogen-bond acceptors (Lipinski definition) is 4.